The summed E-state index contributed by atoms with van der Waals surface area (Å²) in [4.78, 5) is 14.3. The highest BCUT2D eigenvalue weighted by atomic mass is 16.4. The molecule has 4 N–H and O–H groups in total. The number of likely N-dealkylation sites (tertiary alicyclic amines) is 1. The molecule has 2 fully saturated rings. The van der Waals surface area contributed by atoms with E-state index in [4.69, 9.17) is 10.9 Å². The number of carbonyl (C=O) groups excluding carboxylic acids is 1. The summed E-state index contributed by atoms with van der Waals surface area (Å²) in [5, 5.41) is 14.7. The van der Waals surface area contributed by atoms with Crippen LogP contribution in [-0.4, -0.2) is 48.0 Å². The molecule has 1 amide bonds. The van der Waals surface area contributed by atoms with Crippen LogP contribution in [0.25, 0.3) is 0 Å². The highest BCUT2D eigenvalue weighted by Gasteiger charge is 2.54. The van der Waals surface area contributed by atoms with E-state index in [0.29, 0.717) is 12.8 Å². The maximum atomic E-state index is 12.1. The second kappa shape index (κ2) is 4.52. The Hall–Kier alpha value is -1.30. The zero-order valence-electron chi connectivity index (χ0n) is 10.1. The molecular formula is C11H20N4O2. The van der Waals surface area contributed by atoms with Gasteiger partial charge in [0, 0.05) is 6.04 Å². The van der Waals surface area contributed by atoms with Crippen LogP contribution >= 0.6 is 0 Å². The highest BCUT2D eigenvalue weighted by molar-refractivity contribution is 6.09. The fourth-order valence-electron chi connectivity index (χ4n) is 2.30. The van der Waals surface area contributed by atoms with E-state index in [9.17, 15) is 4.79 Å². The van der Waals surface area contributed by atoms with E-state index in [1.807, 2.05) is 0 Å². The van der Waals surface area contributed by atoms with E-state index in [2.05, 4.69) is 22.4 Å². The topological polar surface area (TPSA) is 91.0 Å². The first kappa shape index (κ1) is 12.2. The number of nitrogens with one attached hydrogen (secondary N) is 1. The average molecular weight is 240 g/mol. The molecule has 96 valence electrons. The van der Waals surface area contributed by atoms with Gasteiger partial charge >= 0.3 is 0 Å². The molecule has 0 unspecified atom stereocenters. The Morgan fingerprint density at radius 2 is 2.06 bits per heavy atom. The maximum absolute atomic E-state index is 12.1. The lowest BCUT2D eigenvalue weighted by atomic mass is 10.0. The Kier molecular flexibility index (Phi) is 3.24. The third-order valence-electron chi connectivity index (χ3n) is 3.84. The summed E-state index contributed by atoms with van der Waals surface area (Å²) >= 11 is 0. The van der Waals surface area contributed by atoms with Gasteiger partial charge in [0.15, 0.2) is 5.84 Å². The van der Waals surface area contributed by atoms with Crippen LogP contribution in [0.3, 0.4) is 0 Å². The highest BCUT2D eigenvalue weighted by Crippen LogP contribution is 2.46. The number of nitrogens with zero attached hydrogens (tertiary/aromatic N) is 2. The van der Waals surface area contributed by atoms with Gasteiger partial charge < -0.3 is 21.2 Å². The molecule has 2 rings (SSSR count). The fraction of sp³-hybridized carbons (Fsp3) is 0.818. The van der Waals surface area contributed by atoms with Crippen molar-refractivity contribution in [3.8, 4) is 0 Å². The lowest BCUT2D eigenvalue weighted by Gasteiger charge is -2.30. The molecule has 0 bridgehead atoms. The van der Waals surface area contributed by atoms with Gasteiger partial charge in [-0.25, -0.2) is 0 Å². The first-order valence-electron chi connectivity index (χ1n) is 6.06. The Morgan fingerprint density at radius 1 is 1.47 bits per heavy atom. The predicted molar refractivity (Wildman–Crippen MR) is 63.7 cm³/mol. The van der Waals surface area contributed by atoms with Crippen LogP contribution in [0.4, 0.5) is 0 Å². The number of carbonyl (C=O) groups is 1. The van der Waals surface area contributed by atoms with Crippen molar-refractivity contribution in [1.29, 1.82) is 0 Å². The smallest absolute Gasteiger partial charge is 0.234 e. The molecule has 1 heterocycles. The number of oxime groups is 1. The molecular weight excluding hydrogens is 220 g/mol. The second-order valence-corrected chi connectivity index (χ2v) is 5.12. The molecule has 0 aromatic rings. The molecule has 0 aromatic heterocycles. The van der Waals surface area contributed by atoms with E-state index in [1.54, 1.807) is 0 Å². The standard InChI is InChI=1S/C11H20N4O2/c1-15-6-2-8(3-7-15)13-10(16)11(4-5-11)9(12)14-17/h8,17H,2-7H2,1H3,(H2,12,14)(H,13,16). The molecule has 1 saturated carbocycles. The van der Waals surface area contributed by atoms with Crippen molar-refractivity contribution in [3.05, 3.63) is 0 Å². The van der Waals surface area contributed by atoms with Crippen LogP contribution < -0.4 is 11.1 Å². The molecule has 0 aromatic carbocycles. The lowest BCUT2D eigenvalue weighted by molar-refractivity contribution is -0.125. The van der Waals surface area contributed by atoms with Crippen molar-refractivity contribution < 1.29 is 10.0 Å². The summed E-state index contributed by atoms with van der Waals surface area (Å²) < 4.78 is 0. The van der Waals surface area contributed by atoms with E-state index < -0.39 is 5.41 Å². The quantitative estimate of drug-likeness (QED) is 0.274. The summed E-state index contributed by atoms with van der Waals surface area (Å²) in [7, 11) is 2.08. The van der Waals surface area contributed by atoms with Crippen molar-refractivity contribution >= 4 is 11.7 Å². The summed E-state index contributed by atoms with van der Waals surface area (Å²) in [5.41, 5.74) is 4.85. The summed E-state index contributed by atoms with van der Waals surface area (Å²) in [6.07, 6.45) is 3.30. The lowest BCUT2D eigenvalue weighted by Crippen LogP contribution is -2.48. The van der Waals surface area contributed by atoms with Crippen molar-refractivity contribution in [2.45, 2.75) is 31.7 Å². The van der Waals surface area contributed by atoms with Gasteiger partial charge in [0.2, 0.25) is 5.91 Å². The van der Waals surface area contributed by atoms with Gasteiger partial charge in [-0.3, -0.25) is 4.79 Å². The third-order valence-corrected chi connectivity index (χ3v) is 3.84. The Morgan fingerprint density at radius 3 is 2.53 bits per heavy atom. The fourth-order valence-corrected chi connectivity index (χ4v) is 2.30. The molecule has 1 aliphatic carbocycles. The maximum Gasteiger partial charge on any atom is 0.234 e. The van der Waals surface area contributed by atoms with E-state index in [0.717, 1.165) is 25.9 Å². The van der Waals surface area contributed by atoms with Crippen LogP contribution in [0.2, 0.25) is 0 Å². The van der Waals surface area contributed by atoms with Crippen molar-refractivity contribution in [1.82, 2.24) is 10.2 Å². The van der Waals surface area contributed by atoms with Crippen LogP contribution in [0, 0.1) is 5.41 Å². The monoisotopic (exact) mass is 240 g/mol. The van der Waals surface area contributed by atoms with Gasteiger partial charge in [-0.15, -0.1) is 0 Å². The number of rotatable bonds is 3. The van der Waals surface area contributed by atoms with E-state index >= 15 is 0 Å². The summed E-state index contributed by atoms with van der Waals surface area (Å²) in [6.45, 7) is 2.00. The van der Waals surface area contributed by atoms with Crippen LogP contribution in [0.1, 0.15) is 25.7 Å². The minimum absolute atomic E-state index is 0.0444. The first-order chi connectivity index (χ1) is 8.08. The number of hydrogen-bond acceptors (Lipinski definition) is 4. The molecule has 6 nitrogen and oxygen atoms in total. The molecule has 6 heteroatoms. The van der Waals surface area contributed by atoms with Gasteiger partial charge in [0.05, 0.1) is 0 Å². The second-order valence-electron chi connectivity index (χ2n) is 5.12. The Labute approximate surface area is 101 Å². The molecule has 0 atom stereocenters. The van der Waals surface area contributed by atoms with Crippen LogP contribution in [-0.2, 0) is 4.79 Å². The zero-order valence-corrected chi connectivity index (χ0v) is 10.1. The van der Waals surface area contributed by atoms with Crippen molar-refractivity contribution in [2.75, 3.05) is 20.1 Å². The van der Waals surface area contributed by atoms with Gasteiger partial charge in [-0.05, 0) is 45.8 Å². The first-order valence-corrected chi connectivity index (χ1v) is 6.06. The van der Waals surface area contributed by atoms with Gasteiger partial charge in [-0.2, -0.15) is 0 Å². The molecule has 17 heavy (non-hydrogen) atoms. The van der Waals surface area contributed by atoms with Gasteiger partial charge in [-0.1, -0.05) is 5.16 Å². The largest absolute Gasteiger partial charge is 0.409 e. The number of amidine groups is 1. The molecule has 1 aliphatic heterocycles. The number of amides is 1. The molecule has 0 radical (unpaired) electrons. The minimum Gasteiger partial charge on any atom is -0.409 e. The van der Waals surface area contributed by atoms with Gasteiger partial charge in [0.25, 0.3) is 0 Å². The Bertz CT molecular complexity index is 330. The molecule has 1 saturated heterocycles. The minimum atomic E-state index is -0.724. The van der Waals surface area contributed by atoms with Gasteiger partial charge in [0.1, 0.15) is 5.41 Å². The van der Waals surface area contributed by atoms with Crippen LogP contribution in [0.5, 0.6) is 0 Å². The number of nitrogens with two attached hydrogens (primary N) is 1. The number of hydrogen-bond donors (Lipinski definition) is 3. The predicted octanol–water partition coefficient (Wildman–Crippen LogP) is -0.277. The van der Waals surface area contributed by atoms with Crippen molar-refractivity contribution in [3.63, 3.8) is 0 Å². The third kappa shape index (κ3) is 2.36. The Balaban J connectivity index is 1.90. The van der Waals surface area contributed by atoms with Crippen molar-refractivity contribution in [2.24, 2.45) is 16.3 Å². The molecule has 0 spiro atoms. The molecule has 2 aliphatic rings. The van der Waals surface area contributed by atoms with E-state index in [-0.39, 0.29) is 17.8 Å². The van der Waals surface area contributed by atoms with Crippen LogP contribution in [0.15, 0.2) is 5.16 Å². The zero-order chi connectivity index (χ0) is 12.5. The average Bonchev–Trinajstić information content (AvgIpc) is 3.12. The summed E-state index contributed by atoms with van der Waals surface area (Å²) in [5.74, 6) is -0.0368. The van der Waals surface area contributed by atoms with E-state index in [1.165, 1.54) is 0 Å². The summed E-state index contributed by atoms with van der Waals surface area (Å²) in [6, 6.07) is 0.225. The normalized spacial score (nSPS) is 25.6. The number of piperidine rings is 1. The SMILES string of the molecule is CN1CCC(NC(=O)C2(C(N)=NO)CC2)CC1.